The lowest BCUT2D eigenvalue weighted by Crippen LogP contribution is -2.43. The number of aliphatic carboxylic acids is 1. The molecule has 0 aliphatic carbocycles. The van der Waals surface area contributed by atoms with E-state index in [1.807, 2.05) is 13.8 Å². The number of urea groups is 1. The Kier molecular flexibility index (Phi) is 2.98. The van der Waals surface area contributed by atoms with Gasteiger partial charge in [0.05, 0.1) is 0 Å². The quantitative estimate of drug-likeness (QED) is 0.726. The fraction of sp³-hybridized carbons (Fsp3) is 0.778. The Morgan fingerprint density at radius 1 is 1.29 bits per heavy atom. The number of nitrogens with zero attached hydrogens (tertiary/aromatic N) is 2. The summed E-state index contributed by atoms with van der Waals surface area (Å²) in [4.78, 5) is 25.4. The second kappa shape index (κ2) is 3.86. The van der Waals surface area contributed by atoms with E-state index < -0.39 is 12.0 Å². The molecule has 80 valence electrons. The molecule has 0 bridgehead atoms. The molecule has 1 atom stereocenters. The smallest absolute Gasteiger partial charge is 0.326 e. The van der Waals surface area contributed by atoms with Gasteiger partial charge in [0, 0.05) is 19.1 Å². The summed E-state index contributed by atoms with van der Waals surface area (Å²) < 4.78 is 0. The van der Waals surface area contributed by atoms with Crippen LogP contribution in [-0.2, 0) is 4.79 Å². The van der Waals surface area contributed by atoms with E-state index in [0.29, 0.717) is 13.1 Å². The fourth-order valence-corrected chi connectivity index (χ4v) is 1.54. The molecule has 1 saturated heterocycles. The van der Waals surface area contributed by atoms with Gasteiger partial charge in [-0.25, -0.2) is 9.59 Å². The van der Waals surface area contributed by atoms with Gasteiger partial charge >= 0.3 is 12.0 Å². The van der Waals surface area contributed by atoms with Gasteiger partial charge in [0.1, 0.15) is 6.04 Å². The molecule has 1 unspecified atom stereocenters. The Labute approximate surface area is 83.3 Å². The minimum absolute atomic E-state index is 0.133. The third-order valence-electron chi connectivity index (χ3n) is 2.52. The standard InChI is InChI=1S/C9H16N2O3/c1-6(2)10-4-5-11(9(10)14)7(3)8(12)13/h6-7H,4-5H2,1-3H3,(H,12,13). The molecular formula is C9H16N2O3. The van der Waals surface area contributed by atoms with Crippen LogP contribution < -0.4 is 0 Å². The molecule has 0 aromatic carbocycles. The molecule has 0 spiro atoms. The van der Waals surface area contributed by atoms with E-state index >= 15 is 0 Å². The van der Waals surface area contributed by atoms with Crippen molar-refractivity contribution in [3.05, 3.63) is 0 Å². The van der Waals surface area contributed by atoms with Crippen molar-refractivity contribution in [3.8, 4) is 0 Å². The van der Waals surface area contributed by atoms with Gasteiger partial charge in [-0.1, -0.05) is 0 Å². The Hall–Kier alpha value is -1.26. The summed E-state index contributed by atoms with van der Waals surface area (Å²) in [6.07, 6.45) is 0. The normalized spacial score (nSPS) is 19.3. The van der Waals surface area contributed by atoms with E-state index in [2.05, 4.69) is 0 Å². The monoisotopic (exact) mass is 200 g/mol. The van der Waals surface area contributed by atoms with Crippen LogP contribution in [0.1, 0.15) is 20.8 Å². The van der Waals surface area contributed by atoms with Crippen molar-refractivity contribution >= 4 is 12.0 Å². The minimum Gasteiger partial charge on any atom is -0.480 e. The lowest BCUT2D eigenvalue weighted by Gasteiger charge is -2.23. The van der Waals surface area contributed by atoms with Gasteiger partial charge in [-0.2, -0.15) is 0 Å². The number of carboxylic acids is 1. The topological polar surface area (TPSA) is 60.9 Å². The SMILES string of the molecule is CC(C)N1CCN(C(C)C(=O)O)C1=O. The largest absolute Gasteiger partial charge is 0.480 e. The van der Waals surface area contributed by atoms with Crippen LogP contribution in [0.3, 0.4) is 0 Å². The summed E-state index contributed by atoms with van der Waals surface area (Å²) >= 11 is 0. The highest BCUT2D eigenvalue weighted by molar-refractivity contribution is 5.83. The average molecular weight is 200 g/mol. The van der Waals surface area contributed by atoms with Crippen LogP contribution in [0.4, 0.5) is 4.79 Å². The van der Waals surface area contributed by atoms with Crippen LogP contribution in [0.25, 0.3) is 0 Å². The fourth-order valence-electron chi connectivity index (χ4n) is 1.54. The molecule has 1 heterocycles. The first-order chi connectivity index (χ1) is 6.45. The van der Waals surface area contributed by atoms with Crippen molar-refractivity contribution < 1.29 is 14.7 Å². The Balaban J connectivity index is 2.69. The molecule has 1 aliphatic heterocycles. The third kappa shape index (κ3) is 1.81. The number of hydrogen-bond acceptors (Lipinski definition) is 2. The number of hydrogen-bond donors (Lipinski definition) is 1. The van der Waals surface area contributed by atoms with Crippen molar-refractivity contribution in [2.24, 2.45) is 0 Å². The molecule has 1 rings (SSSR count). The molecule has 2 amide bonds. The van der Waals surface area contributed by atoms with Gasteiger partial charge in [0.2, 0.25) is 0 Å². The van der Waals surface area contributed by atoms with Crippen LogP contribution in [0.15, 0.2) is 0 Å². The van der Waals surface area contributed by atoms with E-state index in [0.717, 1.165) is 0 Å². The second-order valence-corrected chi connectivity index (χ2v) is 3.78. The van der Waals surface area contributed by atoms with Crippen LogP contribution in [0, 0.1) is 0 Å². The first-order valence-electron chi connectivity index (χ1n) is 4.75. The highest BCUT2D eigenvalue weighted by atomic mass is 16.4. The molecule has 5 nitrogen and oxygen atoms in total. The molecule has 14 heavy (non-hydrogen) atoms. The lowest BCUT2D eigenvalue weighted by atomic mass is 10.3. The van der Waals surface area contributed by atoms with Gasteiger partial charge < -0.3 is 14.9 Å². The number of amides is 2. The first kappa shape index (κ1) is 10.8. The van der Waals surface area contributed by atoms with E-state index in [9.17, 15) is 9.59 Å². The van der Waals surface area contributed by atoms with E-state index in [1.54, 1.807) is 4.90 Å². The molecule has 0 aromatic rings. The summed E-state index contributed by atoms with van der Waals surface area (Å²) in [6.45, 7) is 6.50. The molecule has 0 aromatic heterocycles. The number of carboxylic acid groups (broad SMARTS) is 1. The van der Waals surface area contributed by atoms with Gasteiger partial charge in [0.25, 0.3) is 0 Å². The van der Waals surface area contributed by atoms with E-state index in [-0.39, 0.29) is 12.1 Å². The van der Waals surface area contributed by atoms with Gasteiger partial charge in [-0.05, 0) is 20.8 Å². The van der Waals surface area contributed by atoms with Crippen LogP contribution in [0.2, 0.25) is 0 Å². The summed E-state index contributed by atoms with van der Waals surface area (Å²) in [5.41, 5.74) is 0. The van der Waals surface area contributed by atoms with Crippen molar-refractivity contribution in [3.63, 3.8) is 0 Å². The number of rotatable bonds is 3. The predicted octanol–water partition coefficient (Wildman–Crippen LogP) is 0.605. The number of carbonyl (C=O) groups excluding carboxylic acids is 1. The molecule has 5 heteroatoms. The molecular weight excluding hydrogens is 184 g/mol. The van der Waals surface area contributed by atoms with Gasteiger partial charge in [-0.15, -0.1) is 0 Å². The minimum atomic E-state index is -0.955. The van der Waals surface area contributed by atoms with Crippen molar-refractivity contribution in [2.75, 3.05) is 13.1 Å². The van der Waals surface area contributed by atoms with E-state index in [4.69, 9.17) is 5.11 Å². The zero-order valence-electron chi connectivity index (χ0n) is 8.73. The molecule has 1 aliphatic rings. The summed E-state index contributed by atoms with van der Waals surface area (Å²) in [7, 11) is 0. The highest BCUT2D eigenvalue weighted by Crippen LogP contribution is 2.15. The summed E-state index contributed by atoms with van der Waals surface area (Å²) in [5, 5.41) is 8.77. The van der Waals surface area contributed by atoms with Crippen molar-refractivity contribution in [1.29, 1.82) is 0 Å². The van der Waals surface area contributed by atoms with Crippen LogP contribution in [0.5, 0.6) is 0 Å². The van der Waals surface area contributed by atoms with Gasteiger partial charge in [-0.3, -0.25) is 0 Å². The molecule has 0 radical (unpaired) electrons. The third-order valence-corrected chi connectivity index (χ3v) is 2.52. The van der Waals surface area contributed by atoms with Crippen molar-refractivity contribution in [1.82, 2.24) is 9.80 Å². The van der Waals surface area contributed by atoms with Crippen LogP contribution in [-0.4, -0.2) is 52.1 Å². The maximum atomic E-state index is 11.7. The molecule has 0 saturated carbocycles. The second-order valence-electron chi connectivity index (χ2n) is 3.78. The Morgan fingerprint density at radius 3 is 2.14 bits per heavy atom. The molecule has 1 N–H and O–H groups in total. The zero-order valence-corrected chi connectivity index (χ0v) is 8.73. The first-order valence-corrected chi connectivity index (χ1v) is 4.75. The van der Waals surface area contributed by atoms with Crippen LogP contribution >= 0.6 is 0 Å². The maximum absolute atomic E-state index is 11.7. The van der Waals surface area contributed by atoms with Gasteiger partial charge in [0.15, 0.2) is 0 Å². The predicted molar refractivity (Wildman–Crippen MR) is 51.0 cm³/mol. The van der Waals surface area contributed by atoms with Crippen molar-refractivity contribution in [2.45, 2.75) is 32.9 Å². The Bertz CT molecular complexity index is 252. The number of carbonyl (C=O) groups is 2. The van der Waals surface area contributed by atoms with E-state index in [1.165, 1.54) is 11.8 Å². The summed E-state index contributed by atoms with van der Waals surface area (Å²) in [6, 6.07) is -0.769. The Morgan fingerprint density at radius 2 is 1.79 bits per heavy atom. The summed E-state index contributed by atoms with van der Waals surface area (Å²) in [5.74, 6) is -0.955. The zero-order chi connectivity index (χ0) is 10.9. The average Bonchev–Trinajstić information content (AvgIpc) is 2.45. The molecule has 1 fully saturated rings. The highest BCUT2D eigenvalue weighted by Gasteiger charge is 2.35. The maximum Gasteiger partial charge on any atom is 0.326 e. The lowest BCUT2D eigenvalue weighted by molar-refractivity contribution is -0.141.